The third kappa shape index (κ3) is 2.44. The van der Waals surface area contributed by atoms with E-state index in [4.69, 9.17) is 0 Å². The van der Waals surface area contributed by atoms with Gasteiger partial charge >= 0.3 is 5.97 Å². The number of alkyl halides is 2. The number of carbonyl (C=O) groups excluding carboxylic acids is 1. The fourth-order valence-electron chi connectivity index (χ4n) is 1.28. The number of ether oxygens (including phenoxy) is 1. The zero-order chi connectivity index (χ0) is 12.3. The molecule has 0 spiro atoms. The van der Waals surface area contributed by atoms with Crippen molar-refractivity contribution in [2.45, 2.75) is 20.3 Å². The monoisotopic (exact) mass is 231 g/mol. The Balaban J connectivity index is 3.35. The molecule has 0 aliphatic carbocycles. The van der Waals surface area contributed by atoms with Crippen LogP contribution in [0.5, 0.6) is 0 Å². The number of nitrogens with one attached hydrogen (secondary N) is 1. The van der Waals surface area contributed by atoms with Crippen molar-refractivity contribution in [3.05, 3.63) is 33.2 Å². The molecule has 1 rings (SSSR count). The summed E-state index contributed by atoms with van der Waals surface area (Å²) in [6.45, 7) is 3.10. The van der Waals surface area contributed by atoms with E-state index < -0.39 is 29.1 Å². The zero-order valence-corrected chi connectivity index (χ0v) is 8.84. The predicted molar refractivity (Wildman–Crippen MR) is 52.7 cm³/mol. The normalized spacial score (nSPS) is 10.6. The molecule has 16 heavy (non-hydrogen) atoms. The van der Waals surface area contributed by atoms with Crippen LogP contribution in [0.3, 0.4) is 0 Å². The van der Waals surface area contributed by atoms with Crippen LogP contribution in [0.4, 0.5) is 8.78 Å². The number of carbonyl (C=O) groups is 1. The molecule has 0 saturated heterocycles. The van der Waals surface area contributed by atoms with Crippen LogP contribution in [0.1, 0.15) is 35.1 Å². The fraction of sp³-hybridized carbons (Fsp3) is 0.400. The van der Waals surface area contributed by atoms with Crippen molar-refractivity contribution in [2.24, 2.45) is 0 Å². The third-order valence-electron chi connectivity index (χ3n) is 1.90. The van der Waals surface area contributed by atoms with Crippen molar-refractivity contribution >= 4 is 5.97 Å². The topological polar surface area (TPSA) is 59.2 Å². The smallest absolute Gasteiger partial charge is 0.355 e. The Hall–Kier alpha value is -1.72. The first kappa shape index (κ1) is 12.4. The van der Waals surface area contributed by atoms with Crippen LogP contribution >= 0.6 is 0 Å². The Bertz CT molecular complexity index is 454. The minimum atomic E-state index is -3.01. The van der Waals surface area contributed by atoms with Gasteiger partial charge in [-0.1, -0.05) is 0 Å². The maximum Gasteiger partial charge on any atom is 0.355 e. The number of hydrogen-bond acceptors (Lipinski definition) is 3. The second-order valence-corrected chi connectivity index (χ2v) is 3.13. The molecule has 0 fully saturated rings. The minimum Gasteiger partial charge on any atom is -0.461 e. The average molecular weight is 231 g/mol. The SMILES string of the molecule is CCOC(=O)c1[nH]c(C)cc(=O)c1C(F)F. The molecule has 1 N–H and O–H groups in total. The van der Waals surface area contributed by atoms with Crippen molar-refractivity contribution in [1.82, 2.24) is 4.98 Å². The Labute approximate surface area is 90.2 Å². The Morgan fingerprint density at radius 3 is 2.69 bits per heavy atom. The molecule has 0 amide bonds. The molecule has 1 heterocycles. The van der Waals surface area contributed by atoms with Gasteiger partial charge in [-0.15, -0.1) is 0 Å². The summed E-state index contributed by atoms with van der Waals surface area (Å²) in [7, 11) is 0. The van der Waals surface area contributed by atoms with Gasteiger partial charge in [-0.25, -0.2) is 13.6 Å². The highest BCUT2D eigenvalue weighted by molar-refractivity contribution is 5.89. The van der Waals surface area contributed by atoms with Gasteiger partial charge in [-0.3, -0.25) is 4.79 Å². The Kier molecular flexibility index (Phi) is 3.76. The molecule has 1 aromatic heterocycles. The maximum atomic E-state index is 12.6. The number of esters is 1. The van der Waals surface area contributed by atoms with Gasteiger partial charge in [0, 0.05) is 11.8 Å². The van der Waals surface area contributed by atoms with E-state index in [1.165, 1.54) is 6.92 Å². The summed E-state index contributed by atoms with van der Waals surface area (Å²) in [4.78, 5) is 25.1. The molecular formula is C10H11F2NO3. The molecule has 0 atom stereocenters. The number of aromatic amines is 1. The quantitative estimate of drug-likeness (QED) is 0.807. The highest BCUT2D eigenvalue weighted by atomic mass is 19.3. The van der Waals surface area contributed by atoms with Gasteiger partial charge in [-0.05, 0) is 13.8 Å². The lowest BCUT2D eigenvalue weighted by molar-refractivity contribution is 0.0506. The number of rotatable bonds is 3. The summed E-state index contributed by atoms with van der Waals surface area (Å²) in [5.41, 5.74) is -1.85. The minimum absolute atomic E-state index is 0.0531. The van der Waals surface area contributed by atoms with Crippen LogP contribution in [-0.2, 0) is 4.74 Å². The van der Waals surface area contributed by atoms with Crippen LogP contribution in [0, 0.1) is 6.92 Å². The number of hydrogen-bond donors (Lipinski definition) is 1. The zero-order valence-electron chi connectivity index (χ0n) is 8.84. The predicted octanol–water partition coefficient (Wildman–Crippen LogP) is 1.80. The molecule has 6 heteroatoms. The van der Waals surface area contributed by atoms with Gasteiger partial charge < -0.3 is 9.72 Å². The lowest BCUT2D eigenvalue weighted by Crippen LogP contribution is -2.20. The van der Waals surface area contributed by atoms with E-state index in [-0.39, 0.29) is 6.61 Å². The van der Waals surface area contributed by atoms with Crippen molar-refractivity contribution < 1.29 is 18.3 Å². The molecule has 0 radical (unpaired) electrons. The standard InChI is InChI=1S/C10H11F2NO3/c1-3-16-10(15)8-7(9(11)12)6(14)4-5(2)13-8/h4,9H,3H2,1-2H3,(H,13,14). The van der Waals surface area contributed by atoms with Crippen LogP contribution in [-0.4, -0.2) is 17.6 Å². The van der Waals surface area contributed by atoms with Crippen molar-refractivity contribution in [3.8, 4) is 0 Å². The van der Waals surface area contributed by atoms with Crippen molar-refractivity contribution in [1.29, 1.82) is 0 Å². The fourth-order valence-corrected chi connectivity index (χ4v) is 1.28. The largest absolute Gasteiger partial charge is 0.461 e. The van der Waals surface area contributed by atoms with Crippen LogP contribution < -0.4 is 5.43 Å². The summed E-state index contributed by atoms with van der Waals surface area (Å²) in [6, 6.07) is 1.02. The lowest BCUT2D eigenvalue weighted by Gasteiger charge is -2.08. The molecule has 0 aliphatic heterocycles. The van der Waals surface area contributed by atoms with E-state index >= 15 is 0 Å². The summed E-state index contributed by atoms with van der Waals surface area (Å²) >= 11 is 0. The molecule has 0 bridgehead atoms. The molecular weight excluding hydrogens is 220 g/mol. The molecule has 0 saturated carbocycles. The van der Waals surface area contributed by atoms with E-state index in [0.717, 1.165) is 6.07 Å². The van der Waals surface area contributed by atoms with Gasteiger partial charge in [0.1, 0.15) is 5.69 Å². The number of H-pyrrole nitrogens is 1. The highest BCUT2D eigenvalue weighted by Crippen LogP contribution is 2.18. The lowest BCUT2D eigenvalue weighted by atomic mass is 10.1. The Morgan fingerprint density at radius 1 is 1.56 bits per heavy atom. The first-order valence-electron chi connectivity index (χ1n) is 4.66. The van der Waals surface area contributed by atoms with Crippen molar-refractivity contribution in [2.75, 3.05) is 6.61 Å². The van der Waals surface area contributed by atoms with E-state index in [1.807, 2.05) is 0 Å². The molecule has 0 unspecified atom stereocenters. The molecule has 88 valence electrons. The van der Waals surface area contributed by atoms with Gasteiger partial charge in [0.15, 0.2) is 5.43 Å². The first-order valence-corrected chi connectivity index (χ1v) is 4.66. The summed E-state index contributed by atoms with van der Waals surface area (Å²) in [5, 5.41) is 0. The first-order chi connectivity index (χ1) is 7.47. The van der Waals surface area contributed by atoms with Crippen molar-refractivity contribution in [3.63, 3.8) is 0 Å². The maximum absolute atomic E-state index is 12.6. The average Bonchev–Trinajstić information content (AvgIpc) is 2.15. The number of pyridine rings is 1. The number of halogens is 2. The summed E-state index contributed by atoms with van der Waals surface area (Å²) < 4.78 is 29.8. The number of aromatic nitrogens is 1. The highest BCUT2D eigenvalue weighted by Gasteiger charge is 2.23. The van der Waals surface area contributed by atoms with E-state index in [1.54, 1.807) is 6.92 Å². The van der Waals surface area contributed by atoms with Gasteiger partial charge in [0.05, 0.1) is 12.2 Å². The third-order valence-corrected chi connectivity index (χ3v) is 1.90. The second-order valence-electron chi connectivity index (χ2n) is 3.13. The van der Waals surface area contributed by atoms with Crippen LogP contribution in [0.15, 0.2) is 10.9 Å². The number of aryl methyl sites for hydroxylation is 1. The van der Waals surface area contributed by atoms with Crippen LogP contribution in [0.2, 0.25) is 0 Å². The van der Waals surface area contributed by atoms with E-state index in [0.29, 0.717) is 5.69 Å². The Morgan fingerprint density at radius 2 is 2.19 bits per heavy atom. The van der Waals surface area contributed by atoms with Gasteiger partial charge in [0.2, 0.25) is 0 Å². The van der Waals surface area contributed by atoms with Crippen LogP contribution in [0.25, 0.3) is 0 Å². The molecule has 4 nitrogen and oxygen atoms in total. The van der Waals surface area contributed by atoms with E-state index in [9.17, 15) is 18.4 Å². The summed E-state index contributed by atoms with van der Waals surface area (Å²) in [5.74, 6) is -0.946. The molecule has 0 aliphatic rings. The molecule has 0 aromatic carbocycles. The molecule has 1 aromatic rings. The second kappa shape index (κ2) is 4.87. The van der Waals surface area contributed by atoms with Gasteiger partial charge in [-0.2, -0.15) is 0 Å². The van der Waals surface area contributed by atoms with Gasteiger partial charge in [0.25, 0.3) is 6.43 Å². The van der Waals surface area contributed by atoms with E-state index in [2.05, 4.69) is 9.72 Å². The summed E-state index contributed by atoms with van der Waals surface area (Å²) in [6.07, 6.45) is -3.01.